The van der Waals surface area contributed by atoms with Crippen LogP contribution in [0.4, 0.5) is 32.2 Å². The number of benzene rings is 2. The average Bonchev–Trinajstić information content (AvgIpc) is 4.25. The van der Waals surface area contributed by atoms with Gasteiger partial charge in [-0.1, -0.05) is 0 Å². The molecule has 0 aliphatic carbocycles. The summed E-state index contributed by atoms with van der Waals surface area (Å²) in [5.41, 5.74) is 7.93. The number of halogens is 9. The van der Waals surface area contributed by atoms with Gasteiger partial charge in [0.2, 0.25) is 5.91 Å². The number of H-pyrrole nitrogens is 3. The number of anilines is 1. The standard InChI is InChI=1S/C21H13F3N4O2.C13H8BrN3O.C8H6F3NO.C7H6N2.C6H3BrClNO/c22-21(23,24)14-6-3-12(4-7-14)20(30)28-17-8-5-13(10-26-17)18(29)16-11-27-19-15(16)2-1-9-25-19;14-11-4-3-8(6-16-11)12(18)10-7-17-13-9(10)2-1-5-15-13;9-8(10,11)6-3-1-5(2-4-6)7(12)13;1-2-6-3-5-9-7(6)8-4-1;7-5-2-1-4(3-9-5)6(8)10/h1-11H,(H,25,27)(H,26,28,30);1-7H,(H,15,17);1-4H,(H2,12,13);1-5H,(H,8,9);1-3H. The van der Waals surface area contributed by atoms with E-state index in [2.05, 4.69) is 82.0 Å². The number of ketones is 2. The summed E-state index contributed by atoms with van der Waals surface area (Å²) in [5.74, 6) is -1.51. The first-order valence-corrected chi connectivity index (χ1v) is 24.8. The van der Waals surface area contributed by atoms with Gasteiger partial charge in [-0.25, -0.2) is 29.9 Å². The summed E-state index contributed by atoms with van der Waals surface area (Å²) >= 11 is 11.5. The normalized spacial score (nSPS) is 10.9. The molecule has 404 valence electrons. The Kier molecular flexibility index (Phi) is 19.3. The molecule has 0 radical (unpaired) electrons. The van der Waals surface area contributed by atoms with Crippen molar-refractivity contribution in [2.75, 3.05) is 5.32 Å². The Morgan fingerprint density at radius 1 is 0.487 bits per heavy atom. The molecule has 9 aromatic heterocycles. The molecule has 0 aliphatic heterocycles. The van der Waals surface area contributed by atoms with Gasteiger partial charge in [0.15, 0.2) is 11.6 Å². The van der Waals surface area contributed by atoms with Crippen LogP contribution >= 0.6 is 43.5 Å². The molecule has 9 heterocycles. The second kappa shape index (κ2) is 26.4. The number of nitrogens with zero attached hydrogens (tertiary/aromatic N) is 6. The van der Waals surface area contributed by atoms with Crippen molar-refractivity contribution in [3.63, 3.8) is 0 Å². The lowest BCUT2D eigenvalue weighted by Crippen LogP contribution is -2.14. The summed E-state index contributed by atoms with van der Waals surface area (Å²) < 4.78 is 75.3. The van der Waals surface area contributed by atoms with Gasteiger partial charge in [-0.2, -0.15) is 26.3 Å². The van der Waals surface area contributed by atoms with E-state index in [4.69, 9.17) is 17.3 Å². The number of hydrogen-bond donors (Lipinski definition) is 5. The molecule has 11 rings (SSSR count). The van der Waals surface area contributed by atoms with Crippen molar-refractivity contribution in [1.82, 2.24) is 44.9 Å². The number of nitrogens with two attached hydrogens (primary N) is 1. The lowest BCUT2D eigenvalue weighted by molar-refractivity contribution is -0.138. The number of aromatic amines is 3. The van der Waals surface area contributed by atoms with Gasteiger partial charge in [-0.05, 0) is 171 Å². The van der Waals surface area contributed by atoms with E-state index in [9.17, 15) is 50.3 Å². The minimum Gasteiger partial charge on any atom is -0.366 e. The van der Waals surface area contributed by atoms with E-state index in [-0.39, 0.29) is 28.5 Å². The first kappa shape index (κ1) is 58.4. The second-order valence-corrected chi connectivity index (χ2v) is 18.2. The molecule has 2 amide bonds. The van der Waals surface area contributed by atoms with Crippen LogP contribution in [0.5, 0.6) is 0 Å². The van der Waals surface area contributed by atoms with Crippen molar-refractivity contribution in [3.8, 4) is 0 Å². The third-order valence-corrected chi connectivity index (χ3v) is 12.1. The van der Waals surface area contributed by atoms with Crippen molar-refractivity contribution in [1.29, 1.82) is 0 Å². The lowest BCUT2D eigenvalue weighted by atomic mass is 10.1. The summed E-state index contributed by atoms with van der Waals surface area (Å²) in [6.45, 7) is 0. The van der Waals surface area contributed by atoms with Crippen LogP contribution in [-0.4, -0.2) is 73.5 Å². The minimum absolute atomic E-state index is 0.0521. The van der Waals surface area contributed by atoms with Crippen LogP contribution in [0.15, 0.2) is 192 Å². The van der Waals surface area contributed by atoms with Gasteiger partial charge >= 0.3 is 12.4 Å². The number of fused-ring (bicyclic) bond motifs is 3. The molecule has 0 atom stereocenters. The third-order valence-electron chi connectivity index (χ3n) is 10.9. The highest BCUT2D eigenvalue weighted by atomic mass is 79.9. The minimum atomic E-state index is -4.47. The largest absolute Gasteiger partial charge is 0.416 e. The quantitative estimate of drug-likeness (QED) is 0.0414. The van der Waals surface area contributed by atoms with Crippen LogP contribution in [0.1, 0.15) is 74.0 Å². The smallest absolute Gasteiger partial charge is 0.366 e. The Morgan fingerprint density at radius 3 is 1.35 bits per heavy atom. The van der Waals surface area contributed by atoms with Crippen LogP contribution in [0, 0.1) is 0 Å². The summed E-state index contributed by atoms with van der Waals surface area (Å²) in [6.07, 6.45) is 5.66. The SMILES string of the molecule is NC(=O)c1ccc(C(F)(F)F)cc1.O=C(Cl)c1ccc(Br)nc1.O=C(Nc1ccc(C(=O)c2c[nH]c3ncccc23)cn1)c1ccc(C(F)(F)F)cc1.O=C(c1ccc(Br)nc1)c1c[nH]c2ncccc12.c1cnc2[nH]ccc2c1. The Hall–Kier alpha value is -9.26. The summed E-state index contributed by atoms with van der Waals surface area (Å²) in [7, 11) is 0. The molecule has 0 spiro atoms. The molecule has 0 unspecified atom stereocenters. The van der Waals surface area contributed by atoms with Crippen LogP contribution in [0.25, 0.3) is 33.1 Å². The number of carbonyl (C=O) groups is 5. The zero-order chi connectivity index (χ0) is 57.6. The molecule has 0 aliphatic rings. The highest BCUT2D eigenvalue weighted by Crippen LogP contribution is 2.30. The number of amides is 2. The topological polar surface area (TPSA) is 248 Å². The van der Waals surface area contributed by atoms with E-state index in [0.29, 0.717) is 53.7 Å². The van der Waals surface area contributed by atoms with Gasteiger partial charge in [0.25, 0.3) is 11.1 Å². The van der Waals surface area contributed by atoms with Crippen LogP contribution in [0.2, 0.25) is 0 Å². The van der Waals surface area contributed by atoms with Gasteiger partial charge in [-0.15, -0.1) is 0 Å². The van der Waals surface area contributed by atoms with E-state index >= 15 is 0 Å². The Bertz CT molecular complexity index is 3900. The van der Waals surface area contributed by atoms with Gasteiger partial charge in [0.05, 0.1) is 16.7 Å². The van der Waals surface area contributed by atoms with Crippen LogP contribution in [-0.2, 0) is 12.4 Å². The van der Waals surface area contributed by atoms with Crippen LogP contribution in [0.3, 0.4) is 0 Å². The van der Waals surface area contributed by atoms with Gasteiger partial charge in [0, 0.05) is 105 Å². The maximum Gasteiger partial charge on any atom is 0.416 e. The maximum absolute atomic E-state index is 12.7. The number of rotatable bonds is 8. The average molecular weight is 1240 g/mol. The zero-order valence-corrected chi connectivity index (χ0v) is 44.5. The summed E-state index contributed by atoms with van der Waals surface area (Å²) in [5, 5.41) is 4.67. The predicted molar refractivity (Wildman–Crippen MR) is 293 cm³/mol. The molecule has 80 heavy (non-hydrogen) atoms. The fourth-order valence-electron chi connectivity index (χ4n) is 6.91. The van der Waals surface area contributed by atoms with Crippen molar-refractivity contribution in [2.24, 2.45) is 5.73 Å². The highest BCUT2D eigenvalue weighted by molar-refractivity contribution is 9.10. The molecule has 6 N–H and O–H groups in total. The molecular weight excluding hydrogens is 1200 g/mol. The maximum atomic E-state index is 12.7. The molecule has 0 bridgehead atoms. The fourth-order valence-corrected chi connectivity index (χ4v) is 7.49. The number of hydrogen-bond acceptors (Lipinski definition) is 11. The molecule has 11 aromatic rings. The zero-order valence-electron chi connectivity index (χ0n) is 40.5. The number of nitrogens with one attached hydrogen (secondary N) is 4. The Labute approximate surface area is 469 Å². The van der Waals surface area contributed by atoms with Crippen LogP contribution < -0.4 is 11.1 Å². The molecule has 16 nitrogen and oxygen atoms in total. The number of carbonyl (C=O) groups excluding carboxylic acids is 5. The highest BCUT2D eigenvalue weighted by Gasteiger charge is 2.31. The molecular formula is C55H36Br2ClF6N11O5. The van der Waals surface area contributed by atoms with Crippen molar-refractivity contribution in [2.45, 2.75) is 12.4 Å². The molecule has 0 saturated carbocycles. The third kappa shape index (κ3) is 15.7. The van der Waals surface area contributed by atoms with E-state index in [0.717, 1.165) is 65.0 Å². The van der Waals surface area contributed by atoms with Crippen molar-refractivity contribution >= 4 is 111 Å². The summed E-state index contributed by atoms with van der Waals surface area (Å²) in [6, 6.07) is 30.4. The number of alkyl halides is 6. The first-order chi connectivity index (χ1) is 38.2. The Balaban J connectivity index is 0.000000157. The molecule has 0 fully saturated rings. The fraction of sp³-hybridized carbons (Fsp3) is 0.0364. The first-order valence-electron chi connectivity index (χ1n) is 22.8. The van der Waals surface area contributed by atoms with E-state index in [1.165, 1.54) is 24.5 Å². The predicted octanol–water partition coefficient (Wildman–Crippen LogP) is 13.0. The van der Waals surface area contributed by atoms with Gasteiger partial charge < -0.3 is 26.0 Å². The van der Waals surface area contributed by atoms with E-state index in [1.54, 1.807) is 73.6 Å². The van der Waals surface area contributed by atoms with E-state index < -0.39 is 40.5 Å². The van der Waals surface area contributed by atoms with Gasteiger partial charge in [-0.3, -0.25) is 24.0 Å². The molecule has 0 saturated heterocycles. The number of aromatic nitrogens is 9. The Morgan fingerprint density at radius 2 is 0.925 bits per heavy atom. The monoisotopic (exact) mass is 1240 g/mol. The van der Waals surface area contributed by atoms with E-state index in [1.807, 2.05) is 36.5 Å². The second-order valence-electron chi connectivity index (χ2n) is 16.2. The summed E-state index contributed by atoms with van der Waals surface area (Å²) in [4.78, 5) is 91.5. The number of primary amides is 1. The molecule has 2 aromatic carbocycles. The van der Waals surface area contributed by atoms with Gasteiger partial charge in [0.1, 0.15) is 32.0 Å². The van der Waals surface area contributed by atoms with Crippen molar-refractivity contribution in [3.05, 3.63) is 242 Å². The number of pyridine rings is 6. The van der Waals surface area contributed by atoms with Crippen molar-refractivity contribution < 1.29 is 50.3 Å². The lowest BCUT2D eigenvalue weighted by Gasteiger charge is -2.08. The molecule has 25 heteroatoms.